The van der Waals surface area contributed by atoms with Crippen molar-refractivity contribution in [2.45, 2.75) is 24.0 Å². The fourth-order valence-corrected chi connectivity index (χ4v) is 1.75. The molecule has 6 nitrogen and oxygen atoms in total. The van der Waals surface area contributed by atoms with Gasteiger partial charge in [0.1, 0.15) is 11.2 Å². The minimum Gasteiger partial charge on any atom is -0.478 e. The van der Waals surface area contributed by atoms with Crippen molar-refractivity contribution in [2.75, 3.05) is 0 Å². The smallest absolute Gasteiger partial charge is 0.334 e. The van der Waals surface area contributed by atoms with Gasteiger partial charge in [-0.25, -0.2) is 9.59 Å². The predicted molar refractivity (Wildman–Crippen MR) is 52.7 cm³/mol. The molecule has 0 aliphatic heterocycles. The number of carboxylic acids is 2. The quantitative estimate of drug-likeness (QED) is 0.483. The first-order chi connectivity index (χ1) is 7.17. The monoisotopic (exact) mass is 228 g/mol. The molecule has 0 heterocycles. The molecule has 2 atom stereocenters. The van der Waals surface area contributed by atoms with Crippen LogP contribution in [0.3, 0.4) is 0 Å². The molecule has 0 aromatic carbocycles. The molecule has 6 heteroatoms. The van der Waals surface area contributed by atoms with Gasteiger partial charge in [-0.1, -0.05) is 13.2 Å². The van der Waals surface area contributed by atoms with E-state index < -0.39 is 34.3 Å². The second-order valence-corrected chi connectivity index (χ2v) is 3.79. The van der Waals surface area contributed by atoms with Gasteiger partial charge >= 0.3 is 11.9 Å². The number of hydrogen-bond acceptors (Lipinski definition) is 4. The summed E-state index contributed by atoms with van der Waals surface area (Å²) in [6.07, 6.45) is -0.137. The molecule has 1 saturated carbocycles. The number of carbonyl (C=O) groups is 2. The topological polar surface area (TPSA) is 115 Å². The van der Waals surface area contributed by atoms with Crippen molar-refractivity contribution >= 4 is 11.9 Å². The fraction of sp³-hybridized carbons (Fsp3) is 0.400. The van der Waals surface area contributed by atoms with Crippen LogP contribution in [0.15, 0.2) is 24.3 Å². The highest BCUT2D eigenvalue weighted by molar-refractivity contribution is 5.93. The zero-order valence-corrected chi connectivity index (χ0v) is 8.43. The Morgan fingerprint density at radius 2 is 1.12 bits per heavy atom. The number of rotatable bonds is 4. The molecule has 0 amide bonds. The summed E-state index contributed by atoms with van der Waals surface area (Å²) >= 11 is 0. The Morgan fingerprint density at radius 1 is 0.875 bits per heavy atom. The van der Waals surface area contributed by atoms with E-state index in [1.807, 2.05) is 0 Å². The van der Waals surface area contributed by atoms with Crippen molar-refractivity contribution in [1.82, 2.24) is 0 Å². The molecule has 1 aliphatic rings. The third-order valence-corrected chi connectivity index (χ3v) is 3.05. The molecule has 1 fully saturated rings. The summed E-state index contributed by atoms with van der Waals surface area (Å²) < 4.78 is 0. The highest BCUT2D eigenvalue weighted by Gasteiger charge is 2.63. The van der Waals surface area contributed by atoms with E-state index in [1.165, 1.54) is 0 Å². The predicted octanol–water partition coefficient (Wildman–Crippen LogP) is -0.476. The van der Waals surface area contributed by atoms with Crippen LogP contribution in [0.5, 0.6) is 0 Å². The van der Waals surface area contributed by atoms with Gasteiger partial charge in [0.2, 0.25) is 0 Å². The normalized spacial score (nSPS) is 32.6. The number of hydrogen-bond donors (Lipinski definition) is 4. The molecule has 1 rings (SSSR count). The SMILES string of the molecule is C=C(C(=O)O)C1(O)CCC1(O)C(=C)C(=O)O. The van der Waals surface area contributed by atoms with Gasteiger partial charge in [0.05, 0.1) is 11.1 Å². The molecular weight excluding hydrogens is 216 g/mol. The van der Waals surface area contributed by atoms with E-state index in [4.69, 9.17) is 10.2 Å². The average Bonchev–Trinajstić information content (AvgIpc) is 2.22. The lowest BCUT2D eigenvalue weighted by molar-refractivity contribution is -0.188. The van der Waals surface area contributed by atoms with Crippen LogP contribution >= 0.6 is 0 Å². The third-order valence-electron chi connectivity index (χ3n) is 3.05. The minimum absolute atomic E-state index is 0.0685. The van der Waals surface area contributed by atoms with Gasteiger partial charge in [0.25, 0.3) is 0 Å². The minimum atomic E-state index is -2.16. The summed E-state index contributed by atoms with van der Waals surface area (Å²) in [6.45, 7) is 6.28. The molecule has 0 aromatic rings. The van der Waals surface area contributed by atoms with Crippen molar-refractivity contribution in [3.63, 3.8) is 0 Å². The van der Waals surface area contributed by atoms with Gasteiger partial charge < -0.3 is 20.4 Å². The van der Waals surface area contributed by atoms with Crippen LogP contribution in [0.25, 0.3) is 0 Å². The Morgan fingerprint density at radius 3 is 1.25 bits per heavy atom. The summed E-state index contributed by atoms with van der Waals surface area (Å²) in [4.78, 5) is 21.3. The van der Waals surface area contributed by atoms with Gasteiger partial charge in [-0.05, 0) is 12.8 Å². The lowest BCUT2D eigenvalue weighted by Crippen LogP contribution is -2.66. The first kappa shape index (κ1) is 12.4. The average molecular weight is 228 g/mol. The highest BCUT2D eigenvalue weighted by atomic mass is 16.4. The first-order valence-corrected chi connectivity index (χ1v) is 4.47. The zero-order valence-electron chi connectivity index (χ0n) is 8.43. The Labute approximate surface area is 91.1 Å². The van der Waals surface area contributed by atoms with E-state index in [1.54, 1.807) is 0 Å². The number of aliphatic carboxylic acids is 2. The molecule has 2 unspecified atom stereocenters. The maximum absolute atomic E-state index is 10.7. The molecule has 0 radical (unpaired) electrons. The summed E-state index contributed by atoms with van der Waals surface area (Å²) in [6, 6.07) is 0. The van der Waals surface area contributed by atoms with E-state index in [-0.39, 0.29) is 12.8 Å². The van der Waals surface area contributed by atoms with Crippen LogP contribution in [-0.2, 0) is 9.59 Å². The van der Waals surface area contributed by atoms with Crippen LogP contribution in [0, 0.1) is 0 Å². The molecule has 0 spiro atoms. The standard InChI is InChI=1S/C10H12O6/c1-5(7(11)12)9(15)3-4-10(9,16)6(2)8(13)14/h15-16H,1-4H2,(H,11,12)(H,13,14). The Balaban J connectivity index is 3.10. The van der Waals surface area contributed by atoms with Crippen LogP contribution in [-0.4, -0.2) is 43.6 Å². The molecule has 4 N–H and O–H groups in total. The van der Waals surface area contributed by atoms with Gasteiger partial charge in [-0.3, -0.25) is 0 Å². The van der Waals surface area contributed by atoms with Crippen LogP contribution in [0.4, 0.5) is 0 Å². The first-order valence-electron chi connectivity index (χ1n) is 4.47. The molecule has 88 valence electrons. The van der Waals surface area contributed by atoms with E-state index in [0.717, 1.165) is 0 Å². The van der Waals surface area contributed by atoms with E-state index in [2.05, 4.69) is 13.2 Å². The molecular formula is C10H12O6. The molecule has 0 aromatic heterocycles. The van der Waals surface area contributed by atoms with Crippen molar-refractivity contribution in [3.05, 3.63) is 24.3 Å². The second-order valence-electron chi connectivity index (χ2n) is 3.79. The van der Waals surface area contributed by atoms with Crippen LogP contribution in [0.1, 0.15) is 12.8 Å². The summed E-state index contributed by atoms with van der Waals surface area (Å²) in [7, 11) is 0. The Kier molecular flexibility index (Phi) is 2.66. The molecule has 0 saturated heterocycles. The Hall–Kier alpha value is -1.66. The molecule has 0 bridgehead atoms. The van der Waals surface area contributed by atoms with E-state index >= 15 is 0 Å². The van der Waals surface area contributed by atoms with Gasteiger partial charge in [-0.2, -0.15) is 0 Å². The van der Waals surface area contributed by atoms with Crippen molar-refractivity contribution in [3.8, 4) is 0 Å². The number of carboxylic acid groups (broad SMARTS) is 2. The largest absolute Gasteiger partial charge is 0.478 e. The summed E-state index contributed by atoms with van der Waals surface area (Å²) in [5.41, 5.74) is -5.59. The highest BCUT2D eigenvalue weighted by Crippen LogP contribution is 2.50. The maximum Gasteiger partial charge on any atom is 0.334 e. The maximum atomic E-state index is 10.7. The van der Waals surface area contributed by atoms with E-state index in [9.17, 15) is 19.8 Å². The molecule has 16 heavy (non-hydrogen) atoms. The number of aliphatic hydroxyl groups is 2. The van der Waals surface area contributed by atoms with Crippen LogP contribution in [0.2, 0.25) is 0 Å². The zero-order chi connectivity index (χ0) is 12.7. The van der Waals surface area contributed by atoms with Gasteiger partial charge in [0.15, 0.2) is 0 Å². The second kappa shape index (κ2) is 3.43. The lowest BCUT2D eigenvalue weighted by Gasteiger charge is -2.52. The third kappa shape index (κ3) is 1.35. The summed E-state index contributed by atoms with van der Waals surface area (Å²) in [5, 5.41) is 37.2. The Bertz CT molecular complexity index is 360. The van der Waals surface area contributed by atoms with Crippen molar-refractivity contribution in [2.24, 2.45) is 0 Å². The van der Waals surface area contributed by atoms with Gasteiger partial charge in [0, 0.05) is 0 Å². The summed E-state index contributed by atoms with van der Waals surface area (Å²) in [5.74, 6) is -2.97. The van der Waals surface area contributed by atoms with Crippen LogP contribution < -0.4 is 0 Å². The van der Waals surface area contributed by atoms with Gasteiger partial charge in [-0.15, -0.1) is 0 Å². The van der Waals surface area contributed by atoms with Crippen molar-refractivity contribution < 1.29 is 30.0 Å². The lowest BCUT2D eigenvalue weighted by atomic mass is 9.59. The van der Waals surface area contributed by atoms with Crippen molar-refractivity contribution in [1.29, 1.82) is 0 Å². The van der Waals surface area contributed by atoms with E-state index in [0.29, 0.717) is 0 Å². The fourth-order valence-electron chi connectivity index (χ4n) is 1.75. The molecule has 1 aliphatic carbocycles.